The van der Waals surface area contributed by atoms with Gasteiger partial charge >= 0.3 is 0 Å². The molecule has 7 heteroatoms. The van der Waals surface area contributed by atoms with Crippen LogP contribution in [0.25, 0.3) is 0 Å². The zero-order chi connectivity index (χ0) is 15.2. The summed E-state index contributed by atoms with van der Waals surface area (Å²) in [6, 6.07) is 4.98. The molecule has 0 atom stereocenters. The third kappa shape index (κ3) is 4.35. The highest BCUT2D eigenvalue weighted by Gasteiger charge is 2.07. The van der Waals surface area contributed by atoms with Gasteiger partial charge in [0.1, 0.15) is 17.5 Å². The minimum atomic E-state index is -0.680. The number of aryl methyl sites for hydroxylation is 1. The van der Waals surface area contributed by atoms with E-state index < -0.39 is 11.6 Å². The number of anilines is 3. The van der Waals surface area contributed by atoms with E-state index >= 15 is 0 Å². The average molecular weight is 294 g/mol. The molecule has 0 saturated heterocycles. The predicted octanol–water partition coefficient (Wildman–Crippen LogP) is 2.87. The monoisotopic (exact) mass is 294 g/mol. The van der Waals surface area contributed by atoms with Crippen LogP contribution in [0.2, 0.25) is 0 Å². The lowest BCUT2D eigenvalue weighted by Gasteiger charge is -2.10. The van der Waals surface area contributed by atoms with Crippen molar-refractivity contribution in [2.75, 3.05) is 30.9 Å². The SMILES string of the molecule is COCCNc1nc(C)cc(Nc2ccc(F)cc2F)n1. The summed E-state index contributed by atoms with van der Waals surface area (Å²) in [7, 11) is 1.60. The van der Waals surface area contributed by atoms with E-state index in [4.69, 9.17) is 4.74 Å². The number of halogens is 2. The molecule has 2 N–H and O–H groups in total. The zero-order valence-corrected chi connectivity index (χ0v) is 11.8. The lowest BCUT2D eigenvalue weighted by atomic mass is 10.3. The lowest BCUT2D eigenvalue weighted by Crippen LogP contribution is -2.11. The Kier molecular flexibility index (Phi) is 4.99. The number of hydrogen-bond acceptors (Lipinski definition) is 5. The number of hydrogen-bond donors (Lipinski definition) is 2. The maximum atomic E-state index is 13.6. The highest BCUT2D eigenvalue weighted by Crippen LogP contribution is 2.20. The van der Waals surface area contributed by atoms with Crippen molar-refractivity contribution in [3.8, 4) is 0 Å². The molecule has 1 aromatic heterocycles. The highest BCUT2D eigenvalue weighted by molar-refractivity contribution is 5.58. The summed E-state index contributed by atoms with van der Waals surface area (Å²) < 4.78 is 31.4. The Hall–Kier alpha value is -2.28. The van der Waals surface area contributed by atoms with Crippen LogP contribution in [0.5, 0.6) is 0 Å². The molecule has 0 amide bonds. The summed E-state index contributed by atoms with van der Waals surface area (Å²) in [5.41, 5.74) is 0.868. The van der Waals surface area contributed by atoms with Crippen molar-refractivity contribution < 1.29 is 13.5 Å². The summed E-state index contributed by atoms with van der Waals surface area (Å²) in [6.07, 6.45) is 0. The fourth-order valence-electron chi connectivity index (χ4n) is 1.71. The van der Waals surface area contributed by atoms with Gasteiger partial charge in [0.25, 0.3) is 0 Å². The van der Waals surface area contributed by atoms with E-state index in [0.717, 1.165) is 11.8 Å². The van der Waals surface area contributed by atoms with Crippen molar-refractivity contribution in [3.05, 3.63) is 41.6 Å². The molecule has 1 aromatic carbocycles. The number of ether oxygens (including phenoxy) is 1. The van der Waals surface area contributed by atoms with Gasteiger partial charge in [0.15, 0.2) is 0 Å². The Morgan fingerprint density at radius 2 is 2.00 bits per heavy atom. The normalized spacial score (nSPS) is 10.5. The summed E-state index contributed by atoms with van der Waals surface area (Å²) >= 11 is 0. The van der Waals surface area contributed by atoms with Crippen LogP contribution < -0.4 is 10.6 Å². The maximum absolute atomic E-state index is 13.6. The molecule has 0 saturated carbocycles. The highest BCUT2D eigenvalue weighted by atomic mass is 19.1. The van der Waals surface area contributed by atoms with Crippen LogP contribution in [-0.4, -0.2) is 30.2 Å². The van der Waals surface area contributed by atoms with Crippen molar-refractivity contribution in [2.24, 2.45) is 0 Å². The molecule has 0 aliphatic carbocycles. The fourth-order valence-corrected chi connectivity index (χ4v) is 1.71. The first-order valence-corrected chi connectivity index (χ1v) is 6.39. The first-order chi connectivity index (χ1) is 10.1. The van der Waals surface area contributed by atoms with E-state index in [9.17, 15) is 8.78 Å². The molecule has 2 aromatic rings. The van der Waals surface area contributed by atoms with E-state index in [0.29, 0.717) is 24.9 Å². The van der Waals surface area contributed by atoms with E-state index in [-0.39, 0.29) is 5.69 Å². The number of aromatic nitrogens is 2. The molecule has 0 fully saturated rings. The summed E-state index contributed by atoms with van der Waals surface area (Å²) in [4.78, 5) is 8.43. The molecule has 0 spiro atoms. The van der Waals surface area contributed by atoms with Gasteiger partial charge in [0.2, 0.25) is 5.95 Å². The second-order valence-electron chi connectivity index (χ2n) is 4.39. The van der Waals surface area contributed by atoms with Gasteiger partial charge in [-0.1, -0.05) is 0 Å². The molecule has 0 bridgehead atoms. The number of methoxy groups -OCH3 is 1. The Labute approximate surface area is 121 Å². The summed E-state index contributed by atoms with van der Waals surface area (Å²) in [6.45, 7) is 2.88. The molecule has 112 valence electrons. The van der Waals surface area contributed by atoms with E-state index in [2.05, 4.69) is 20.6 Å². The number of benzene rings is 1. The third-order valence-electron chi connectivity index (χ3n) is 2.64. The second-order valence-corrected chi connectivity index (χ2v) is 4.39. The maximum Gasteiger partial charge on any atom is 0.224 e. The number of nitrogens with one attached hydrogen (secondary N) is 2. The van der Waals surface area contributed by atoms with E-state index in [1.165, 1.54) is 12.1 Å². The number of rotatable bonds is 6. The molecule has 5 nitrogen and oxygen atoms in total. The zero-order valence-electron chi connectivity index (χ0n) is 11.8. The topological polar surface area (TPSA) is 59.1 Å². The van der Waals surface area contributed by atoms with Gasteiger partial charge in [-0.3, -0.25) is 0 Å². The molecular formula is C14H16F2N4O. The molecule has 0 unspecified atom stereocenters. The summed E-state index contributed by atoms with van der Waals surface area (Å²) in [5.74, 6) is -0.469. The Bertz CT molecular complexity index is 622. The predicted molar refractivity (Wildman–Crippen MR) is 76.8 cm³/mol. The quantitative estimate of drug-likeness (QED) is 0.802. The largest absolute Gasteiger partial charge is 0.383 e. The first kappa shape index (κ1) is 15.1. The summed E-state index contributed by atoms with van der Waals surface area (Å²) in [5, 5.41) is 5.80. The van der Waals surface area contributed by atoms with Crippen molar-refractivity contribution in [3.63, 3.8) is 0 Å². The van der Waals surface area contributed by atoms with Crippen molar-refractivity contribution in [2.45, 2.75) is 6.92 Å². The van der Waals surface area contributed by atoms with Crippen LogP contribution in [0.15, 0.2) is 24.3 Å². The van der Waals surface area contributed by atoms with Gasteiger partial charge in [0, 0.05) is 31.5 Å². The van der Waals surface area contributed by atoms with Gasteiger partial charge in [0.05, 0.1) is 12.3 Å². The van der Waals surface area contributed by atoms with Crippen molar-refractivity contribution >= 4 is 17.5 Å². The van der Waals surface area contributed by atoms with E-state index in [1.807, 2.05) is 0 Å². The second kappa shape index (κ2) is 6.94. The van der Waals surface area contributed by atoms with Crippen LogP contribution in [0.3, 0.4) is 0 Å². The van der Waals surface area contributed by atoms with Gasteiger partial charge in [-0.15, -0.1) is 0 Å². The van der Waals surface area contributed by atoms with Crippen LogP contribution >= 0.6 is 0 Å². The smallest absolute Gasteiger partial charge is 0.224 e. The molecule has 1 heterocycles. The third-order valence-corrected chi connectivity index (χ3v) is 2.64. The lowest BCUT2D eigenvalue weighted by molar-refractivity contribution is 0.210. The van der Waals surface area contributed by atoms with Gasteiger partial charge in [-0.2, -0.15) is 4.98 Å². The average Bonchev–Trinajstić information content (AvgIpc) is 2.42. The number of nitrogens with zero attached hydrogens (tertiary/aromatic N) is 2. The molecule has 0 aliphatic rings. The standard InChI is InChI=1S/C14H16F2N4O/c1-9-7-13(20-14(18-9)17-5-6-21-2)19-12-4-3-10(15)8-11(12)16/h3-4,7-8H,5-6H2,1-2H3,(H2,17,18,19,20). The van der Waals surface area contributed by atoms with E-state index in [1.54, 1.807) is 20.1 Å². The van der Waals surface area contributed by atoms with Crippen molar-refractivity contribution in [1.29, 1.82) is 0 Å². The Balaban J connectivity index is 2.15. The molecule has 21 heavy (non-hydrogen) atoms. The fraction of sp³-hybridized carbons (Fsp3) is 0.286. The van der Waals surface area contributed by atoms with Crippen LogP contribution in [-0.2, 0) is 4.74 Å². The molecule has 0 aliphatic heterocycles. The first-order valence-electron chi connectivity index (χ1n) is 6.39. The molecular weight excluding hydrogens is 278 g/mol. The van der Waals surface area contributed by atoms with Gasteiger partial charge < -0.3 is 15.4 Å². The van der Waals surface area contributed by atoms with Crippen molar-refractivity contribution in [1.82, 2.24) is 9.97 Å². The molecule has 2 rings (SSSR count). The van der Waals surface area contributed by atoms with Crippen LogP contribution in [0, 0.1) is 18.6 Å². The van der Waals surface area contributed by atoms with Crippen LogP contribution in [0.1, 0.15) is 5.69 Å². The Morgan fingerprint density at radius 3 is 2.71 bits per heavy atom. The van der Waals surface area contributed by atoms with Crippen LogP contribution in [0.4, 0.5) is 26.2 Å². The Morgan fingerprint density at radius 1 is 1.19 bits per heavy atom. The van der Waals surface area contributed by atoms with Gasteiger partial charge in [-0.05, 0) is 19.1 Å². The minimum Gasteiger partial charge on any atom is -0.383 e. The minimum absolute atomic E-state index is 0.150. The molecule has 0 radical (unpaired) electrons. The van der Waals surface area contributed by atoms with Gasteiger partial charge in [-0.25, -0.2) is 13.8 Å².